The van der Waals surface area contributed by atoms with E-state index in [1.54, 1.807) is 17.8 Å². The first-order chi connectivity index (χ1) is 13.4. The molecule has 146 valence electrons. The molecule has 7 heteroatoms. The van der Waals surface area contributed by atoms with Gasteiger partial charge in [-0.3, -0.25) is 9.69 Å². The SMILES string of the molecule is CCCc1c(C(=O)N(C)c2ccc(C)nn2)nnn1-c1cccc(C(C)C)c1. The molecule has 1 amide bonds. The number of anilines is 1. The molecule has 0 saturated heterocycles. The van der Waals surface area contributed by atoms with Crippen molar-refractivity contribution in [1.82, 2.24) is 25.2 Å². The lowest BCUT2D eigenvalue weighted by Crippen LogP contribution is -2.28. The first-order valence-electron chi connectivity index (χ1n) is 9.55. The Labute approximate surface area is 165 Å². The van der Waals surface area contributed by atoms with Crippen molar-refractivity contribution >= 4 is 11.7 Å². The summed E-state index contributed by atoms with van der Waals surface area (Å²) in [5, 5.41) is 16.6. The number of aryl methyl sites for hydroxylation is 1. The Morgan fingerprint density at radius 2 is 1.93 bits per heavy atom. The second-order valence-corrected chi connectivity index (χ2v) is 7.19. The van der Waals surface area contributed by atoms with Gasteiger partial charge in [0, 0.05) is 7.05 Å². The maximum atomic E-state index is 13.1. The van der Waals surface area contributed by atoms with Crippen LogP contribution in [-0.4, -0.2) is 38.1 Å². The van der Waals surface area contributed by atoms with Crippen molar-refractivity contribution in [3.05, 3.63) is 59.0 Å². The van der Waals surface area contributed by atoms with Crippen LogP contribution in [0.1, 0.15) is 60.5 Å². The number of nitrogens with zero attached hydrogens (tertiary/aromatic N) is 6. The van der Waals surface area contributed by atoms with E-state index in [0.29, 0.717) is 23.9 Å². The third-order valence-corrected chi connectivity index (χ3v) is 4.67. The minimum atomic E-state index is -0.243. The van der Waals surface area contributed by atoms with Gasteiger partial charge in [-0.2, -0.15) is 5.10 Å². The van der Waals surface area contributed by atoms with E-state index >= 15 is 0 Å². The summed E-state index contributed by atoms with van der Waals surface area (Å²) in [7, 11) is 1.68. The summed E-state index contributed by atoms with van der Waals surface area (Å²) in [6, 6.07) is 11.8. The smallest absolute Gasteiger partial charge is 0.281 e. The van der Waals surface area contributed by atoms with Gasteiger partial charge in [-0.1, -0.05) is 44.5 Å². The molecule has 0 spiro atoms. The van der Waals surface area contributed by atoms with Crippen LogP contribution < -0.4 is 4.90 Å². The molecule has 3 rings (SSSR count). The summed E-state index contributed by atoms with van der Waals surface area (Å²) in [5.74, 6) is 0.646. The van der Waals surface area contributed by atoms with E-state index in [4.69, 9.17) is 0 Å². The van der Waals surface area contributed by atoms with E-state index < -0.39 is 0 Å². The zero-order chi connectivity index (χ0) is 20.3. The molecule has 0 fully saturated rings. The van der Waals surface area contributed by atoms with Crippen molar-refractivity contribution in [3.8, 4) is 5.69 Å². The molecule has 3 aromatic rings. The lowest BCUT2D eigenvalue weighted by atomic mass is 10.0. The van der Waals surface area contributed by atoms with Gasteiger partial charge < -0.3 is 0 Å². The van der Waals surface area contributed by atoms with Crippen LogP contribution in [0.5, 0.6) is 0 Å². The number of aromatic nitrogens is 5. The highest BCUT2D eigenvalue weighted by molar-refractivity contribution is 6.04. The molecule has 0 saturated carbocycles. The molecule has 0 aliphatic rings. The molecule has 0 bridgehead atoms. The van der Waals surface area contributed by atoms with Crippen LogP contribution in [0.15, 0.2) is 36.4 Å². The van der Waals surface area contributed by atoms with Crippen molar-refractivity contribution in [2.75, 3.05) is 11.9 Å². The van der Waals surface area contributed by atoms with Gasteiger partial charge in [0.2, 0.25) is 0 Å². The van der Waals surface area contributed by atoms with E-state index in [-0.39, 0.29) is 5.91 Å². The standard InChI is InChI=1S/C21H26N6O/c1-6-8-18-20(21(28)26(5)19-12-11-15(4)22-23-19)24-25-27(18)17-10-7-9-16(13-17)14(2)3/h7,9-14H,6,8H2,1-5H3. The van der Waals surface area contributed by atoms with Crippen molar-refractivity contribution < 1.29 is 4.79 Å². The molecule has 2 aromatic heterocycles. The van der Waals surface area contributed by atoms with Crippen molar-refractivity contribution in [3.63, 3.8) is 0 Å². The third-order valence-electron chi connectivity index (χ3n) is 4.67. The predicted molar refractivity (Wildman–Crippen MR) is 109 cm³/mol. The zero-order valence-corrected chi connectivity index (χ0v) is 17.0. The van der Waals surface area contributed by atoms with Crippen LogP contribution >= 0.6 is 0 Å². The predicted octanol–water partition coefficient (Wildman–Crippen LogP) is 3.72. The summed E-state index contributed by atoms with van der Waals surface area (Å²) < 4.78 is 1.78. The normalized spacial score (nSPS) is 11.1. The fraction of sp³-hybridized carbons (Fsp3) is 0.381. The third kappa shape index (κ3) is 3.93. The van der Waals surface area contributed by atoms with Crippen molar-refractivity contribution in [2.45, 2.75) is 46.5 Å². The Morgan fingerprint density at radius 1 is 1.14 bits per heavy atom. The fourth-order valence-electron chi connectivity index (χ4n) is 2.99. The molecular weight excluding hydrogens is 352 g/mol. The minimum absolute atomic E-state index is 0.243. The maximum absolute atomic E-state index is 13.1. The molecule has 28 heavy (non-hydrogen) atoms. The molecule has 0 aliphatic heterocycles. The molecule has 0 unspecified atom stereocenters. The van der Waals surface area contributed by atoms with Gasteiger partial charge in [0.05, 0.1) is 17.1 Å². The van der Waals surface area contributed by atoms with E-state index in [0.717, 1.165) is 23.5 Å². The number of carbonyl (C=O) groups excluding carboxylic acids is 1. The Hall–Kier alpha value is -3.09. The quantitative estimate of drug-likeness (QED) is 0.653. The number of carbonyl (C=O) groups is 1. The van der Waals surface area contributed by atoms with Gasteiger partial charge in [0.25, 0.3) is 5.91 Å². The van der Waals surface area contributed by atoms with Gasteiger partial charge in [-0.25, -0.2) is 4.68 Å². The largest absolute Gasteiger partial charge is 0.293 e. The highest BCUT2D eigenvalue weighted by atomic mass is 16.2. The van der Waals surface area contributed by atoms with Crippen molar-refractivity contribution in [2.24, 2.45) is 0 Å². The summed E-state index contributed by atoms with van der Waals surface area (Å²) >= 11 is 0. The number of hydrogen-bond acceptors (Lipinski definition) is 5. The topological polar surface area (TPSA) is 76.8 Å². The van der Waals surface area contributed by atoms with E-state index in [2.05, 4.69) is 53.4 Å². The summed E-state index contributed by atoms with van der Waals surface area (Å²) in [4.78, 5) is 14.6. The summed E-state index contributed by atoms with van der Waals surface area (Å²) in [6.07, 6.45) is 1.58. The molecule has 1 aromatic carbocycles. The molecule has 0 atom stereocenters. The Bertz CT molecular complexity index is 961. The van der Waals surface area contributed by atoms with E-state index in [1.165, 1.54) is 10.5 Å². The van der Waals surface area contributed by atoms with Gasteiger partial charge in [-0.15, -0.1) is 10.2 Å². The van der Waals surface area contributed by atoms with Gasteiger partial charge in [0.15, 0.2) is 11.5 Å². The van der Waals surface area contributed by atoms with Crippen LogP contribution in [0.4, 0.5) is 5.82 Å². The molecule has 0 aliphatic carbocycles. The van der Waals surface area contributed by atoms with Crippen LogP contribution in [0.2, 0.25) is 0 Å². The fourth-order valence-corrected chi connectivity index (χ4v) is 2.99. The van der Waals surface area contributed by atoms with Crippen LogP contribution in [0.3, 0.4) is 0 Å². The van der Waals surface area contributed by atoms with Gasteiger partial charge >= 0.3 is 0 Å². The maximum Gasteiger partial charge on any atom is 0.281 e. The highest BCUT2D eigenvalue weighted by Crippen LogP contribution is 2.21. The van der Waals surface area contributed by atoms with Crippen LogP contribution in [0, 0.1) is 6.92 Å². The molecule has 7 nitrogen and oxygen atoms in total. The lowest BCUT2D eigenvalue weighted by Gasteiger charge is -2.15. The van der Waals surface area contributed by atoms with Gasteiger partial charge in [-0.05, 0) is 49.1 Å². The first kappa shape index (κ1) is 19.7. The second kappa shape index (κ2) is 8.29. The molecule has 0 N–H and O–H groups in total. The minimum Gasteiger partial charge on any atom is -0.293 e. The summed E-state index contributed by atoms with van der Waals surface area (Å²) in [6.45, 7) is 8.24. The van der Waals surface area contributed by atoms with E-state index in [1.807, 2.05) is 25.1 Å². The lowest BCUT2D eigenvalue weighted by molar-refractivity contribution is 0.0986. The van der Waals surface area contributed by atoms with Crippen LogP contribution in [0.25, 0.3) is 5.69 Å². The summed E-state index contributed by atoms with van der Waals surface area (Å²) in [5.41, 5.74) is 4.09. The van der Waals surface area contributed by atoms with E-state index in [9.17, 15) is 4.79 Å². The molecule has 0 radical (unpaired) electrons. The molecule has 2 heterocycles. The zero-order valence-electron chi connectivity index (χ0n) is 17.0. The average Bonchev–Trinajstić information content (AvgIpc) is 3.11. The monoisotopic (exact) mass is 378 g/mol. The number of rotatable bonds is 6. The number of hydrogen-bond donors (Lipinski definition) is 0. The van der Waals surface area contributed by atoms with Gasteiger partial charge in [0.1, 0.15) is 0 Å². The number of benzene rings is 1. The van der Waals surface area contributed by atoms with Crippen molar-refractivity contribution in [1.29, 1.82) is 0 Å². The number of amides is 1. The highest BCUT2D eigenvalue weighted by Gasteiger charge is 2.24. The average molecular weight is 378 g/mol. The van der Waals surface area contributed by atoms with Crippen LogP contribution in [-0.2, 0) is 6.42 Å². The Kier molecular flexibility index (Phi) is 5.82. The second-order valence-electron chi connectivity index (χ2n) is 7.19. The first-order valence-corrected chi connectivity index (χ1v) is 9.55. The molecular formula is C21H26N6O. The Balaban J connectivity index is 1.99. The Morgan fingerprint density at radius 3 is 2.57 bits per heavy atom.